The molecule has 0 aliphatic carbocycles. The molecule has 2 aromatic rings. The molecule has 2 rings (SSSR count). The third-order valence-electron chi connectivity index (χ3n) is 2.86. The predicted molar refractivity (Wildman–Crippen MR) is 83.4 cm³/mol. The molecular formula is C15H19N3OS. The van der Waals surface area contributed by atoms with Crippen LogP contribution in [0.15, 0.2) is 41.8 Å². The van der Waals surface area contributed by atoms with E-state index < -0.39 is 0 Å². The average molecular weight is 289 g/mol. The summed E-state index contributed by atoms with van der Waals surface area (Å²) in [6, 6.07) is 11.7. The van der Waals surface area contributed by atoms with Gasteiger partial charge in [0.25, 0.3) is 0 Å². The summed E-state index contributed by atoms with van der Waals surface area (Å²) < 4.78 is 0. The van der Waals surface area contributed by atoms with Crippen LogP contribution in [0.5, 0.6) is 0 Å². The number of nitrogen functional groups attached to an aromatic ring is 1. The first-order valence-corrected chi connectivity index (χ1v) is 7.33. The summed E-state index contributed by atoms with van der Waals surface area (Å²) in [5.41, 5.74) is 7.60. The molecule has 20 heavy (non-hydrogen) atoms. The van der Waals surface area contributed by atoms with Crippen LogP contribution < -0.4 is 11.1 Å². The van der Waals surface area contributed by atoms with E-state index in [1.807, 2.05) is 53.7 Å². The lowest BCUT2D eigenvalue weighted by molar-refractivity contribution is -0.122. The standard InChI is InChI=1S/C15H19N3OS/c1-18(10-12-4-2-5-13(16)8-12)11-15(19)17-9-14-6-3-7-20-14/h2-8H,9-11,16H2,1H3,(H,17,19). The molecule has 3 N–H and O–H groups in total. The van der Waals surface area contributed by atoms with Crippen molar-refractivity contribution in [3.05, 3.63) is 52.2 Å². The lowest BCUT2D eigenvalue weighted by atomic mass is 10.2. The zero-order valence-corrected chi connectivity index (χ0v) is 12.3. The smallest absolute Gasteiger partial charge is 0.234 e. The first-order valence-electron chi connectivity index (χ1n) is 6.45. The molecule has 0 spiro atoms. The van der Waals surface area contributed by atoms with E-state index >= 15 is 0 Å². The van der Waals surface area contributed by atoms with Gasteiger partial charge < -0.3 is 11.1 Å². The van der Waals surface area contributed by atoms with Crippen molar-refractivity contribution in [3.8, 4) is 0 Å². The Kier molecular flexibility index (Phi) is 5.15. The number of amides is 1. The molecule has 106 valence electrons. The summed E-state index contributed by atoms with van der Waals surface area (Å²) in [4.78, 5) is 15.0. The summed E-state index contributed by atoms with van der Waals surface area (Å²) in [7, 11) is 1.92. The van der Waals surface area contributed by atoms with E-state index in [1.54, 1.807) is 11.3 Å². The number of benzene rings is 1. The number of hydrogen-bond acceptors (Lipinski definition) is 4. The molecule has 0 aliphatic heterocycles. The van der Waals surface area contributed by atoms with Gasteiger partial charge in [0.1, 0.15) is 0 Å². The third kappa shape index (κ3) is 4.68. The topological polar surface area (TPSA) is 58.4 Å². The van der Waals surface area contributed by atoms with Gasteiger partial charge in [-0.2, -0.15) is 0 Å². The Hall–Kier alpha value is -1.85. The highest BCUT2D eigenvalue weighted by atomic mass is 32.1. The number of carbonyl (C=O) groups excluding carboxylic acids is 1. The third-order valence-corrected chi connectivity index (χ3v) is 3.73. The highest BCUT2D eigenvalue weighted by Gasteiger charge is 2.07. The van der Waals surface area contributed by atoms with Crippen LogP contribution in [0.3, 0.4) is 0 Å². The lowest BCUT2D eigenvalue weighted by Crippen LogP contribution is -2.34. The Morgan fingerprint density at radius 1 is 1.35 bits per heavy atom. The van der Waals surface area contributed by atoms with Crippen LogP contribution in [-0.4, -0.2) is 24.4 Å². The van der Waals surface area contributed by atoms with E-state index in [-0.39, 0.29) is 5.91 Å². The van der Waals surface area contributed by atoms with Gasteiger partial charge in [-0.15, -0.1) is 11.3 Å². The van der Waals surface area contributed by atoms with Crippen LogP contribution in [0.25, 0.3) is 0 Å². The highest BCUT2D eigenvalue weighted by Crippen LogP contribution is 2.09. The number of thiophene rings is 1. The summed E-state index contributed by atoms with van der Waals surface area (Å²) in [6.07, 6.45) is 0. The fourth-order valence-electron chi connectivity index (χ4n) is 1.96. The van der Waals surface area contributed by atoms with Crippen molar-refractivity contribution in [3.63, 3.8) is 0 Å². The molecule has 0 bridgehead atoms. The minimum absolute atomic E-state index is 0.0322. The van der Waals surface area contributed by atoms with Gasteiger partial charge in [-0.25, -0.2) is 0 Å². The van der Waals surface area contributed by atoms with Crippen LogP contribution in [0.2, 0.25) is 0 Å². The van der Waals surface area contributed by atoms with E-state index in [2.05, 4.69) is 5.32 Å². The van der Waals surface area contributed by atoms with Crippen LogP contribution >= 0.6 is 11.3 Å². The average Bonchev–Trinajstić information content (AvgIpc) is 2.89. The van der Waals surface area contributed by atoms with Gasteiger partial charge in [0.15, 0.2) is 0 Å². The van der Waals surface area contributed by atoms with E-state index in [0.717, 1.165) is 16.1 Å². The Balaban J connectivity index is 1.76. The van der Waals surface area contributed by atoms with Crippen LogP contribution in [-0.2, 0) is 17.9 Å². The van der Waals surface area contributed by atoms with Crippen molar-refractivity contribution in [2.75, 3.05) is 19.3 Å². The largest absolute Gasteiger partial charge is 0.399 e. The molecule has 0 aliphatic rings. The summed E-state index contributed by atoms with van der Waals surface area (Å²) in [5.74, 6) is 0.0322. The van der Waals surface area contributed by atoms with Crippen molar-refractivity contribution in [1.82, 2.24) is 10.2 Å². The molecule has 1 heterocycles. The minimum atomic E-state index is 0.0322. The van der Waals surface area contributed by atoms with Gasteiger partial charge in [0, 0.05) is 17.1 Å². The molecule has 4 nitrogen and oxygen atoms in total. The fourth-order valence-corrected chi connectivity index (χ4v) is 2.60. The maximum Gasteiger partial charge on any atom is 0.234 e. The summed E-state index contributed by atoms with van der Waals surface area (Å²) in [6.45, 7) is 1.68. The van der Waals surface area contributed by atoms with Crippen molar-refractivity contribution >= 4 is 22.9 Å². The maximum atomic E-state index is 11.8. The molecule has 0 unspecified atom stereocenters. The van der Waals surface area contributed by atoms with E-state index in [0.29, 0.717) is 19.6 Å². The van der Waals surface area contributed by atoms with Gasteiger partial charge in [-0.1, -0.05) is 18.2 Å². The fraction of sp³-hybridized carbons (Fsp3) is 0.267. The molecule has 1 amide bonds. The number of nitrogens with two attached hydrogens (primary N) is 1. The molecule has 5 heteroatoms. The lowest BCUT2D eigenvalue weighted by Gasteiger charge is -2.16. The number of nitrogens with one attached hydrogen (secondary N) is 1. The SMILES string of the molecule is CN(CC(=O)NCc1cccs1)Cc1cccc(N)c1. The molecule has 0 atom stereocenters. The summed E-state index contributed by atoms with van der Waals surface area (Å²) in [5, 5.41) is 4.93. The summed E-state index contributed by atoms with van der Waals surface area (Å²) >= 11 is 1.65. The predicted octanol–water partition coefficient (Wildman–Crippen LogP) is 2.08. The number of carbonyl (C=O) groups is 1. The Morgan fingerprint density at radius 3 is 2.90 bits per heavy atom. The Labute approximate surface area is 123 Å². The second kappa shape index (κ2) is 7.07. The number of nitrogens with zero attached hydrogens (tertiary/aromatic N) is 1. The zero-order chi connectivity index (χ0) is 14.4. The van der Waals surface area contributed by atoms with Crippen molar-refractivity contribution in [2.45, 2.75) is 13.1 Å². The monoisotopic (exact) mass is 289 g/mol. The maximum absolute atomic E-state index is 11.8. The number of rotatable bonds is 6. The van der Waals surface area contributed by atoms with Gasteiger partial charge >= 0.3 is 0 Å². The van der Waals surface area contributed by atoms with Gasteiger partial charge in [0.05, 0.1) is 13.1 Å². The molecule has 0 saturated heterocycles. The van der Waals surface area contributed by atoms with Crippen molar-refractivity contribution in [2.24, 2.45) is 0 Å². The number of hydrogen-bond donors (Lipinski definition) is 2. The minimum Gasteiger partial charge on any atom is -0.399 e. The number of likely N-dealkylation sites (N-methyl/N-ethyl adjacent to an activating group) is 1. The molecule has 0 fully saturated rings. The molecule has 1 aromatic carbocycles. The zero-order valence-electron chi connectivity index (χ0n) is 11.5. The first-order chi connectivity index (χ1) is 9.63. The molecule has 0 radical (unpaired) electrons. The van der Waals surface area contributed by atoms with Crippen molar-refractivity contribution in [1.29, 1.82) is 0 Å². The van der Waals surface area contributed by atoms with E-state index in [1.165, 1.54) is 0 Å². The number of anilines is 1. The van der Waals surface area contributed by atoms with Crippen molar-refractivity contribution < 1.29 is 4.79 Å². The highest BCUT2D eigenvalue weighted by molar-refractivity contribution is 7.09. The first kappa shape index (κ1) is 14.6. The Bertz CT molecular complexity index is 554. The van der Waals surface area contributed by atoms with Crippen LogP contribution in [0, 0.1) is 0 Å². The second-order valence-corrected chi connectivity index (χ2v) is 5.81. The van der Waals surface area contributed by atoms with Gasteiger partial charge in [-0.3, -0.25) is 9.69 Å². The normalized spacial score (nSPS) is 10.7. The Morgan fingerprint density at radius 2 is 2.20 bits per heavy atom. The van der Waals surface area contributed by atoms with Crippen LogP contribution in [0.1, 0.15) is 10.4 Å². The van der Waals surface area contributed by atoms with Gasteiger partial charge in [0.2, 0.25) is 5.91 Å². The van der Waals surface area contributed by atoms with E-state index in [4.69, 9.17) is 5.73 Å². The van der Waals surface area contributed by atoms with E-state index in [9.17, 15) is 4.79 Å². The quantitative estimate of drug-likeness (QED) is 0.801. The van der Waals surface area contributed by atoms with Crippen LogP contribution in [0.4, 0.5) is 5.69 Å². The molecule has 0 saturated carbocycles. The molecule has 1 aromatic heterocycles. The second-order valence-electron chi connectivity index (χ2n) is 4.77. The molecular weight excluding hydrogens is 270 g/mol. The van der Waals surface area contributed by atoms with Gasteiger partial charge in [-0.05, 0) is 36.2 Å².